The molecule has 2 amide bonds. The number of unbranched alkanes of at least 4 members (excludes halogenated alkanes) is 36. The van der Waals surface area contributed by atoms with Crippen molar-refractivity contribution in [2.45, 2.75) is 329 Å². The minimum atomic E-state index is 0.327. The lowest BCUT2D eigenvalue weighted by atomic mass is 9.79. The van der Waals surface area contributed by atoms with Gasteiger partial charge in [0, 0.05) is 51.7 Å². The van der Waals surface area contributed by atoms with Gasteiger partial charge in [-0.2, -0.15) is 0 Å². The SMILES string of the molecule is CCCCCCCCCCN(CCCCCCCCCC)C(=O)CCCCCCCN(CCCCCCCC(=O)N(CCCCCCCCCC)CCCCCCCCCC)[C@H]1CC[C@@H]1CO. The Morgan fingerprint density at radius 1 is 0.328 bits per heavy atom. The lowest BCUT2D eigenvalue weighted by molar-refractivity contribution is -0.132. The fourth-order valence-electron chi connectivity index (χ4n) is 10.7. The molecule has 1 rings (SSSR count). The summed E-state index contributed by atoms with van der Waals surface area (Å²) in [7, 11) is 0. The third kappa shape index (κ3) is 38.2. The number of hydrogen-bond donors (Lipinski definition) is 1. The molecule has 0 aromatic rings. The van der Waals surface area contributed by atoms with Gasteiger partial charge < -0.3 is 19.8 Å². The van der Waals surface area contributed by atoms with Gasteiger partial charge in [0.05, 0.1) is 0 Å². The molecule has 1 aliphatic rings. The highest BCUT2D eigenvalue weighted by atomic mass is 16.3. The number of carbonyl (C=O) groups is 2. The predicted octanol–water partition coefficient (Wildman–Crippen LogP) is 18.0. The van der Waals surface area contributed by atoms with Crippen LogP contribution in [0.25, 0.3) is 0 Å². The Labute approximate surface area is 420 Å². The van der Waals surface area contributed by atoms with E-state index in [0.717, 1.165) is 77.8 Å². The highest BCUT2D eigenvalue weighted by molar-refractivity contribution is 5.76. The monoisotopic (exact) mass is 944 g/mol. The summed E-state index contributed by atoms with van der Waals surface area (Å²) in [6, 6.07) is 0.557. The summed E-state index contributed by atoms with van der Waals surface area (Å²) in [6.07, 6.45) is 57.9. The molecule has 1 N–H and O–H groups in total. The van der Waals surface area contributed by atoms with E-state index in [1.165, 1.54) is 257 Å². The topological polar surface area (TPSA) is 64.1 Å². The van der Waals surface area contributed by atoms with E-state index in [4.69, 9.17) is 0 Å². The van der Waals surface area contributed by atoms with Crippen molar-refractivity contribution in [2.75, 3.05) is 45.9 Å². The van der Waals surface area contributed by atoms with Crippen molar-refractivity contribution in [1.82, 2.24) is 14.7 Å². The van der Waals surface area contributed by atoms with Gasteiger partial charge in [0.1, 0.15) is 0 Å². The summed E-state index contributed by atoms with van der Waals surface area (Å²) in [4.78, 5) is 34.1. The molecule has 1 fully saturated rings. The number of aliphatic hydroxyl groups excluding tert-OH is 1. The maximum Gasteiger partial charge on any atom is 0.222 e. The summed E-state index contributed by atoms with van der Waals surface area (Å²) >= 11 is 0. The van der Waals surface area contributed by atoms with Gasteiger partial charge in [0.25, 0.3) is 0 Å². The van der Waals surface area contributed by atoms with Gasteiger partial charge in [-0.3, -0.25) is 9.59 Å². The zero-order valence-electron chi connectivity index (χ0n) is 46.2. The number of amides is 2. The molecule has 0 heterocycles. The van der Waals surface area contributed by atoms with Crippen molar-refractivity contribution in [3.8, 4) is 0 Å². The molecule has 67 heavy (non-hydrogen) atoms. The summed E-state index contributed by atoms with van der Waals surface area (Å²) in [5.74, 6) is 1.28. The van der Waals surface area contributed by atoms with Crippen LogP contribution >= 0.6 is 0 Å². The maximum absolute atomic E-state index is 13.5. The van der Waals surface area contributed by atoms with E-state index in [9.17, 15) is 14.7 Å². The first-order valence-corrected chi connectivity index (χ1v) is 30.9. The van der Waals surface area contributed by atoms with Gasteiger partial charge in [-0.05, 0) is 83.2 Å². The molecule has 0 spiro atoms. The van der Waals surface area contributed by atoms with Gasteiger partial charge in [-0.1, -0.05) is 246 Å². The average molecular weight is 945 g/mol. The van der Waals surface area contributed by atoms with E-state index in [1.54, 1.807) is 0 Å². The highest BCUT2D eigenvalue weighted by Crippen LogP contribution is 2.32. The lowest BCUT2D eigenvalue weighted by Gasteiger charge is -2.44. The second-order valence-electron chi connectivity index (χ2n) is 21.8. The van der Waals surface area contributed by atoms with Crippen LogP contribution in [0.4, 0.5) is 0 Å². The van der Waals surface area contributed by atoms with Gasteiger partial charge >= 0.3 is 0 Å². The van der Waals surface area contributed by atoms with Crippen molar-refractivity contribution >= 4 is 11.8 Å². The van der Waals surface area contributed by atoms with Crippen LogP contribution < -0.4 is 0 Å². The van der Waals surface area contributed by atoms with Crippen LogP contribution in [0.5, 0.6) is 0 Å². The minimum absolute atomic E-state index is 0.327. The van der Waals surface area contributed by atoms with Crippen molar-refractivity contribution in [3.05, 3.63) is 0 Å². The third-order valence-corrected chi connectivity index (χ3v) is 15.6. The van der Waals surface area contributed by atoms with E-state index in [2.05, 4.69) is 42.4 Å². The molecular formula is C61H121N3O3. The summed E-state index contributed by atoms with van der Waals surface area (Å²) < 4.78 is 0. The maximum atomic E-state index is 13.5. The molecule has 1 saturated carbocycles. The van der Waals surface area contributed by atoms with Gasteiger partial charge in [0.15, 0.2) is 0 Å². The van der Waals surface area contributed by atoms with Gasteiger partial charge in [0.2, 0.25) is 11.8 Å². The Kier molecular flexibility index (Phi) is 47.5. The molecule has 2 atom stereocenters. The van der Waals surface area contributed by atoms with Gasteiger partial charge in [-0.15, -0.1) is 0 Å². The number of hydrogen-bond acceptors (Lipinski definition) is 4. The van der Waals surface area contributed by atoms with Crippen LogP contribution in [0.1, 0.15) is 323 Å². The van der Waals surface area contributed by atoms with Crippen LogP contribution in [0.2, 0.25) is 0 Å². The number of carbonyl (C=O) groups excluding carboxylic acids is 2. The van der Waals surface area contributed by atoms with Crippen LogP contribution in [0, 0.1) is 5.92 Å². The molecule has 0 bridgehead atoms. The van der Waals surface area contributed by atoms with E-state index in [0.29, 0.717) is 30.4 Å². The van der Waals surface area contributed by atoms with E-state index >= 15 is 0 Å². The van der Waals surface area contributed by atoms with Gasteiger partial charge in [-0.25, -0.2) is 0 Å². The minimum Gasteiger partial charge on any atom is -0.396 e. The molecule has 0 radical (unpaired) electrons. The van der Waals surface area contributed by atoms with Crippen LogP contribution in [0.3, 0.4) is 0 Å². The largest absolute Gasteiger partial charge is 0.396 e. The molecule has 6 nitrogen and oxygen atoms in total. The number of rotatable bonds is 54. The van der Waals surface area contributed by atoms with Crippen molar-refractivity contribution in [2.24, 2.45) is 5.92 Å². The van der Waals surface area contributed by atoms with Crippen LogP contribution in [-0.2, 0) is 9.59 Å². The summed E-state index contributed by atoms with van der Waals surface area (Å²) in [5, 5.41) is 10.1. The van der Waals surface area contributed by atoms with Crippen LogP contribution in [0.15, 0.2) is 0 Å². The number of nitrogens with zero attached hydrogens (tertiary/aromatic N) is 3. The average Bonchev–Trinajstić information content (AvgIpc) is 3.32. The zero-order valence-corrected chi connectivity index (χ0v) is 46.2. The summed E-state index contributed by atoms with van der Waals surface area (Å²) in [5.41, 5.74) is 0. The first-order chi connectivity index (χ1) is 33.0. The first kappa shape index (κ1) is 63.9. The van der Waals surface area contributed by atoms with E-state index in [1.807, 2.05) is 0 Å². The number of aliphatic hydroxyl groups is 1. The van der Waals surface area contributed by atoms with Crippen molar-refractivity contribution in [3.63, 3.8) is 0 Å². The quantitative estimate of drug-likeness (QED) is 0.0617. The van der Waals surface area contributed by atoms with Crippen LogP contribution in [-0.4, -0.2) is 83.5 Å². The Hall–Kier alpha value is -1.14. The predicted molar refractivity (Wildman–Crippen MR) is 294 cm³/mol. The molecule has 0 unspecified atom stereocenters. The Morgan fingerprint density at radius 3 is 0.806 bits per heavy atom. The highest BCUT2D eigenvalue weighted by Gasteiger charge is 2.34. The zero-order chi connectivity index (χ0) is 48.5. The van der Waals surface area contributed by atoms with E-state index in [-0.39, 0.29) is 0 Å². The fraction of sp³-hybridized carbons (Fsp3) is 0.967. The van der Waals surface area contributed by atoms with E-state index < -0.39 is 0 Å². The summed E-state index contributed by atoms with van der Waals surface area (Å²) in [6.45, 7) is 15.6. The third-order valence-electron chi connectivity index (χ3n) is 15.6. The molecule has 0 saturated heterocycles. The fourth-order valence-corrected chi connectivity index (χ4v) is 10.7. The first-order valence-electron chi connectivity index (χ1n) is 30.9. The lowest BCUT2D eigenvalue weighted by Crippen LogP contribution is -2.49. The molecule has 0 aromatic carbocycles. The molecular weight excluding hydrogens is 823 g/mol. The Balaban J connectivity index is 2.41. The Bertz CT molecular complexity index is 927. The molecule has 398 valence electrons. The smallest absolute Gasteiger partial charge is 0.222 e. The van der Waals surface area contributed by atoms with Crippen molar-refractivity contribution < 1.29 is 14.7 Å². The molecule has 6 heteroatoms. The molecule has 0 aliphatic heterocycles. The Morgan fingerprint density at radius 2 is 0.567 bits per heavy atom. The normalized spacial score (nSPS) is 14.8. The standard InChI is InChI=1S/C61H121N3O3/c1-5-9-13-17-21-25-33-43-53-63(54-44-34-26-22-18-14-10-6-2)60(66)47-39-31-29-37-41-51-62(59-50-49-58(59)57-65)52-42-38-30-32-40-48-61(67)64(55-45-35-27-23-19-15-11-7-3)56-46-36-28-24-20-16-12-8-4/h58-59,65H,5-57H2,1-4H3/t58-,59+/m1/s1. The molecule has 0 aromatic heterocycles. The van der Waals surface area contributed by atoms with Crippen molar-refractivity contribution in [1.29, 1.82) is 0 Å². The second kappa shape index (κ2) is 49.8. The second-order valence-corrected chi connectivity index (χ2v) is 21.8. The molecule has 1 aliphatic carbocycles.